The highest BCUT2D eigenvalue weighted by atomic mass is 32.2. The second-order valence-corrected chi connectivity index (χ2v) is 10.1. The molecule has 0 aliphatic carbocycles. The highest BCUT2D eigenvalue weighted by Crippen LogP contribution is 2.34. The second-order valence-electron chi connectivity index (χ2n) is 8.16. The minimum atomic E-state index is -3.69. The van der Waals surface area contributed by atoms with Crippen molar-refractivity contribution < 1.29 is 27.5 Å². The summed E-state index contributed by atoms with van der Waals surface area (Å²) in [4.78, 5) is 28.6. The number of aromatic nitrogens is 1. The predicted molar refractivity (Wildman–Crippen MR) is 123 cm³/mol. The molecule has 1 fully saturated rings. The van der Waals surface area contributed by atoms with Gasteiger partial charge in [0.25, 0.3) is 0 Å². The number of pyridine rings is 1. The van der Waals surface area contributed by atoms with E-state index in [1.54, 1.807) is 18.5 Å². The van der Waals surface area contributed by atoms with Gasteiger partial charge in [-0.15, -0.1) is 0 Å². The number of carbonyl (C=O) groups is 2. The van der Waals surface area contributed by atoms with Crippen LogP contribution in [0.25, 0.3) is 0 Å². The summed E-state index contributed by atoms with van der Waals surface area (Å²) in [6.45, 7) is 1.96. The number of rotatable bonds is 8. The molecule has 11 heteroatoms. The average Bonchev–Trinajstić information content (AvgIpc) is 2.87. The number of carbonyl (C=O) groups excluding carboxylic acids is 2. The average molecular weight is 489 g/mol. The van der Waals surface area contributed by atoms with Crippen LogP contribution < -0.4 is 20.1 Å². The van der Waals surface area contributed by atoms with Crippen molar-refractivity contribution in [3.63, 3.8) is 0 Å². The van der Waals surface area contributed by atoms with Crippen LogP contribution in [-0.4, -0.2) is 62.4 Å². The Kier molecular flexibility index (Phi) is 7.63. The largest absolute Gasteiger partial charge is 0.486 e. The molecule has 0 bridgehead atoms. The lowest BCUT2D eigenvalue weighted by molar-refractivity contribution is -0.126. The monoisotopic (exact) mass is 488 g/mol. The van der Waals surface area contributed by atoms with E-state index in [1.165, 1.54) is 16.4 Å². The molecule has 0 spiro atoms. The quantitative estimate of drug-likeness (QED) is 0.569. The van der Waals surface area contributed by atoms with Gasteiger partial charge >= 0.3 is 0 Å². The number of nitrogens with zero attached hydrogens (tertiary/aromatic N) is 2. The van der Waals surface area contributed by atoms with Crippen molar-refractivity contribution in [2.24, 2.45) is 5.92 Å². The molecule has 2 amide bonds. The Morgan fingerprint density at radius 1 is 1.00 bits per heavy atom. The molecule has 2 aliphatic heterocycles. The highest BCUT2D eigenvalue weighted by molar-refractivity contribution is 7.89. The molecule has 2 N–H and O–H groups in total. The van der Waals surface area contributed by atoms with Gasteiger partial charge in [0.1, 0.15) is 13.2 Å². The lowest BCUT2D eigenvalue weighted by atomic mass is 9.97. The van der Waals surface area contributed by atoms with Crippen LogP contribution in [0, 0.1) is 5.92 Å². The van der Waals surface area contributed by atoms with Gasteiger partial charge in [0.2, 0.25) is 21.8 Å². The Morgan fingerprint density at radius 3 is 2.44 bits per heavy atom. The molecule has 182 valence electrons. The molecule has 1 saturated heterocycles. The summed E-state index contributed by atoms with van der Waals surface area (Å²) in [7, 11) is -3.69. The Balaban J connectivity index is 1.21. The standard InChI is InChI=1S/C23H28N4O6S/c28-22(26-16-17-3-8-24-9-4-17)5-10-25-23(29)18-6-11-27(12-7-18)34(30,31)19-1-2-20-21(15-19)33-14-13-32-20/h1-4,8-9,15,18H,5-7,10-14,16H2,(H,25,29)(H,26,28). The highest BCUT2D eigenvalue weighted by Gasteiger charge is 2.32. The third-order valence-corrected chi connectivity index (χ3v) is 7.76. The third kappa shape index (κ3) is 5.84. The maximum atomic E-state index is 13.0. The van der Waals surface area contributed by atoms with E-state index in [0.717, 1.165) is 5.56 Å². The zero-order valence-corrected chi connectivity index (χ0v) is 19.6. The molecule has 1 aromatic carbocycles. The Bertz CT molecular complexity index is 1120. The van der Waals surface area contributed by atoms with Gasteiger partial charge in [0.05, 0.1) is 4.90 Å². The van der Waals surface area contributed by atoms with Gasteiger partial charge < -0.3 is 20.1 Å². The van der Waals surface area contributed by atoms with E-state index in [0.29, 0.717) is 44.1 Å². The van der Waals surface area contributed by atoms with Crippen LogP contribution in [-0.2, 0) is 26.2 Å². The summed E-state index contributed by atoms with van der Waals surface area (Å²) in [6.07, 6.45) is 4.34. The van der Waals surface area contributed by atoms with E-state index in [9.17, 15) is 18.0 Å². The van der Waals surface area contributed by atoms with Crippen LogP contribution in [0.1, 0.15) is 24.8 Å². The van der Waals surface area contributed by atoms with Crippen LogP contribution in [0.4, 0.5) is 0 Å². The molecule has 2 aliphatic rings. The van der Waals surface area contributed by atoms with Gasteiger partial charge in [-0.3, -0.25) is 14.6 Å². The first-order chi connectivity index (χ1) is 16.4. The van der Waals surface area contributed by atoms with Crippen molar-refractivity contribution in [1.29, 1.82) is 0 Å². The first-order valence-electron chi connectivity index (χ1n) is 11.3. The molecule has 10 nitrogen and oxygen atoms in total. The number of hydrogen-bond donors (Lipinski definition) is 2. The lowest BCUT2D eigenvalue weighted by Crippen LogP contribution is -2.43. The smallest absolute Gasteiger partial charge is 0.243 e. The van der Waals surface area contributed by atoms with Crippen molar-refractivity contribution in [1.82, 2.24) is 19.9 Å². The number of sulfonamides is 1. The summed E-state index contributed by atoms with van der Waals surface area (Å²) >= 11 is 0. The number of nitrogens with one attached hydrogen (secondary N) is 2. The van der Waals surface area contributed by atoms with Gasteiger partial charge in [0, 0.05) is 57.0 Å². The normalized spacial score (nSPS) is 16.6. The summed E-state index contributed by atoms with van der Waals surface area (Å²) in [5.41, 5.74) is 0.949. The van der Waals surface area contributed by atoms with E-state index in [1.807, 2.05) is 12.1 Å². The van der Waals surface area contributed by atoms with Crippen LogP contribution in [0.2, 0.25) is 0 Å². The number of ether oxygens (including phenoxy) is 2. The van der Waals surface area contributed by atoms with Crippen LogP contribution in [0.5, 0.6) is 11.5 Å². The minimum absolute atomic E-state index is 0.150. The Morgan fingerprint density at radius 2 is 1.71 bits per heavy atom. The number of benzene rings is 1. The van der Waals surface area contributed by atoms with Gasteiger partial charge in [-0.1, -0.05) is 0 Å². The number of fused-ring (bicyclic) bond motifs is 1. The maximum Gasteiger partial charge on any atom is 0.243 e. The predicted octanol–water partition coefficient (Wildman–Crippen LogP) is 1.08. The SMILES string of the molecule is O=C(CCNC(=O)C1CCN(S(=O)(=O)c2ccc3c(c2)OCCO3)CC1)NCc1ccncc1. The van der Waals surface area contributed by atoms with Crippen molar-refractivity contribution in [3.8, 4) is 11.5 Å². The van der Waals surface area contributed by atoms with Crippen molar-refractivity contribution in [3.05, 3.63) is 48.3 Å². The molecule has 34 heavy (non-hydrogen) atoms. The summed E-state index contributed by atoms with van der Waals surface area (Å²) < 4.78 is 38.4. The fourth-order valence-corrected chi connectivity index (χ4v) is 5.41. The first-order valence-corrected chi connectivity index (χ1v) is 12.7. The van der Waals surface area contributed by atoms with Crippen LogP contribution in [0.15, 0.2) is 47.6 Å². The summed E-state index contributed by atoms with van der Waals surface area (Å²) in [5.74, 6) is 0.361. The number of piperidine rings is 1. The second kappa shape index (κ2) is 10.8. The van der Waals surface area contributed by atoms with Gasteiger partial charge in [-0.05, 0) is 42.7 Å². The van der Waals surface area contributed by atoms with Gasteiger partial charge in [-0.2, -0.15) is 4.31 Å². The Labute approximate surface area is 198 Å². The molecule has 0 atom stereocenters. The van der Waals surface area contributed by atoms with Gasteiger partial charge in [0.15, 0.2) is 11.5 Å². The molecular weight excluding hydrogens is 460 g/mol. The zero-order valence-electron chi connectivity index (χ0n) is 18.7. The minimum Gasteiger partial charge on any atom is -0.486 e. The van der Waals surface area contributed by atoms with Crippen molar-refractivity contribution in [2.45, 2.75) is 30.7 Å². The molecule has 1 aromatic heterocycles. The summed E-state index contributed by atoms with van der Waals surface area (Å²) in [5, 5.41) is 5.59. The topological polar surface area (TPSA) is 127 Å². The van der Waals surface area contributed by atoms with Crippen molar-refractivity contribution in [2.75, 3.05) is 32.8 Å². The van der Waals surface area contributed by atoms with E-state index in [2.05, 4.69) is 15.6 Å². The van der Waals surface area contributed by atoms with E-state index in [-0.39, 0.29) is 48.7 Å². The molecule has 2 aromatic rings. The fourth-order valence-electron chi connectivity index (χ4n) is 3.92. The molecule has 0 radical (unpaired) electrons. The molecule has 0 unspecified atom stereocenters. The first kappa shape index (κ1) is 24.0. The van der Waals surface area contributed by atoms with Gasteiger partial charge in [-0.25, -0.2) is 8.42 Å². The molecule has 4 rings (SSSR count). The van der Waals surface area contributed by atoms with Crippen LogP contribution >= 0.6 is 0 Å². The molecule has 3 heterocycles. The maximum absolute atomic E-state index is 13.0. The van der Waals surface area contributed by atoms with Crippen LogP contribution in [0.3, 0.4) is 0 Å². The van der Waals surface area contributed by atoms with E-state index >= 15 is 0 Å². The third-order valence-electron chi connectivity index (χ3n) is 5.87. The fraction of sp³-hybridized carbons (Fsp3) is 0.435. The number of hydrogen-bond acceptors (Lipinski definition) is 7. The lowest BCUT2D eigenvalue weighted by Gasteiger charge is -2.30. The summed E-state index contributed by atoms with van der Waals surface area (Å²) in [6, 6.07) is 8.25. The Hall–Kier alpha value is -3.18. The van der Waals surface area contributed by atoms with E-state index < -0.39 is 10.0 Å². The molecule has 0 saturated carbocycles. The number of amides is 2. The zero-order chi connectivity index (χ0) is 24.0. The van der Waals surface area contributed by atoms with E-state index in [4.69, 9.17) is 9.47 Å². The van der Waals surface area contributed by atoms with Crippen molar-refractivity contribution >= 4 is 21.8 Å². The molecular formula is C23H28N4O6S.